The Hall–Kier alpha value is -1.91. The predicted octanol–water partition coefficient (Wildman–Crippen LogP) is 4.67. The highest BCUT2D eigenvalue weighted by atomic mass is 35.5. The molecule has 2 bridgehead atoms. The Morgan fingerprint density at radius 1 is 1.12 bits per heavy atom. The van der Waals surface area contributed by atoms with Gasteiger partial charge in [0.15, 0.2) is 0 Å². The summed E-state index contributed by atoms with van der Waals surface area (Å²) in [6, 6.07) is 14.1. The number of aromatic nitrogens is 1. The molecule has 1 aromatic heterocycles. The molecule has 2 saturated heterocycles. The third kappa shape index (κ3) is 5.60. The van der Waals surface area contributed by atoms with Crippen LogP contribution >= 0.6 is 22.9 Å². The summed E-state index contributed by atoms with van der Waals surface area (Å²) in [5.74, 6) is 1.49. The van der Waals surface area contributed by atoms with E-state index in [0.717, 1.165) is 48.2 Å². The Morgan fingerprint density at radius 3 is 2.52 bits per heavy atom. The summed E-state index contributed by atoms with van der Waals surface area (Å²) in [7, 11) is -3.16. The standard InChI is InChI=1S/C23H26ClN3O4S2/c1-33(28,29)26-16-13-17-3-4-18(14-16)27(17)10-11-30-19-5-7-20(8-6-19)31-23-25-21-12-15(24)2-9-22(21)32-23/h2,5-9,12,16-18,26H,3-4,10-11,13-14H2,1H3/t16?,17-,18+. The van der Waals surface area contributed by atoms with Gasteiger partial charge in [0.25, 0.3) is 5.19 Å². The van der Waals surface area contributed by atoms with Gasteiger partial charge in [-0.25, -0.2) is 18.1 Å². The molecule has 2 aliphatic heterocycles. The molecule has 3 heterocycles. The lowest BCUT2D eigenvalue weighted by Gasteiger charge is -2.38. The quantitative estimate of drug-likeness (QED) is 0.477. The van der Waals surface area contributed by atoms with Crippen LogP contribution in [0, 0.1) is 0 Å². The van der Waals surface area contributed by atoms with Gasteiger partial charge in [-0.1, -0.05) is 22.9 Å². The van der Waals surface area contributed by atoms with E-state index in [-0.39, 0.29) is 6.04 Å². The summed E-state index contributed by atoms with van der Waals surface area (Å²) in [6.07, 6.45) is 5.22. The summed E-state index contributed by atoms with van der Waals surface area (Å²) < 4.78 is 38.8. The van der Waals surface area contributed by atoms with Crippen molar-refractivity contribution < 1.29 is 17.9 Å². The number of halogens is 1. The average Bonchev–Trinajstić information content (AvgIpc) is 3.24. The zero-order chi connectivity index (χ0) is 23.0. The molecule has 0 aliphatic carbocycles. The summed E-state index contributed by atoms with van der Waals surface area (Å²) in [6.45, 7) is 1.43. The topological polar surface area (TPSA) is 80.8 Å². The van der Waals surface area contributed by atoms with Gasteiger partial charge in [0.05, 0.1) is 16.5 Å². The molecule has 5 rings (SSSR count). The van der Waals surface area contributed by atoms with E-state index in [1.165, 1.54) is 17.6 Å². The van der Waals surface area contributed by atoms with Crippen LogP contribution in [0.25, 0.3) is 10.2 Å². The largest absolute Gasteiger partial charge is 0.492 e. The Labute approximate surface area is 202 Å². The minimum Gasteiger partial charge on any atom is -0.492 e. The first-order valence-electron chi connectivity index (χ1n) is 11.0. The molecule has 33 heavy (non-hydrogen) atoms. The van der Waals surface area contributed by atoms with Crippen molar-refractivity contribution in [2.24, 2.45) is 0 Å². The fraction of sp³-hybridized carbons (Fsp3) is 0.435. The zero-order valence-corrected chi connectivity index (χ0v) is 20.6. The van der Waals surface area contributed by atoms with Gasteiger partial charge >= 0.3 is 0 Å². The third-order valence-electron chi connectivity index (χ3n) is 6.24. The van der Waals surface area contributed by atoms with Gasteiger partial charge in [-0.3, -0.25) is 4.90 Å². The molecule has 0 saturated carbocycles. The number of benzene rings is 2. The average molecular weight is 508 g/mol. The molecule has 10 heteroatoms. The van der Waals surface area contributed by atoms with Crippen molar-refractivity contribution in [3.05, 3.63) is 47.5 Å². The van der Waals surface area contributed by atoms with Crippen molar-refractivity contribution in [3.63, 3.8) is 0 Å². The molecule has 1 N–H and O–H groups in total. The Morgan fingerprint density at radius 2 is 1.82 bits per heavy atom. The van der Waals surface area contributed by atoms with E-state index in [2.05, 4.69) is 14.6 Å². The van der Waals surface area contributed by atoms with E-state index in [1.807, 2.05) is 42.5 Å². The van der Waals surface area contributed by atoms with E-state index in [0.29, 0.717) is 34.7 Å². The fourth-order valence-electron chi connectivity index (χ4n) is 4.93. The lowest BCUT2D eigenvalue weighted by atomic mass is 9.98. The second-order valence-corrected chi connectivity index (χ2v) is 11.9. The molecule has 0 radical (unpaired) electrons. The van der Waals surface area contributed by atoms with E-state index in [4.69, 9.17) is 21.1 Å². The highest BCUT2D eigenvalue weighted by Crippen LogP contribution is 2.36. The van der Waals surface area contributed by atoms with E-state index in [1.54, 1.807) is 0 Å². The molecule has 2 aromatic carbocycles. The van der Waals surface area contributed by atoms with Crippen LogP contribution in [0.3, 0.4) is 0 Å². The molecular formula is C23H26ClN3O4S2. The number of rotatable bonds is 8. The number of piperidine rings is 1. The van der Waals surface area contributed by atoms with Crippen LogP contribution in [-0.2, 0) is 10.0 Å². The maximum Gasteiger partial charge on any atom is 0.279 e. The van der Waals surface area contributed by atoms with Gasteiger partial charge < -0.3 is 9.47 Å². The van der Waals surface area contributed by atoms with Gasteiger partial charge in [-0.05, 0) is 68.1 Å². The van der Waals surface area contributed by atoms with Gasteiger partial charge in [-0.15, -0.1) is 0 Å². The van der Waals surface area contributed by atoms with E-state index < -0.39 is 10.0 Å². The zero-order valence-electron chi connectivity index (χ0n) is 18.2. The number of fused-ring (bicyclic) bond motifs is 3. The molecule has 7 nitrogen and oxygen atoms in total. The van der Waals surface area contributed by atoms with Gasteiger partial charge in [0, 0.05) is 29.7 Å². The number of nitrogens with zero attached hydrogens (tertiary/aromatic N) is 2. The number of sulfonamides is 1. The molecule has 3 aromatic rings. The van der Waals surface area contributed by atoms with Crippen molar-refractivity contribution in [1.29, 1.82) is 0 Å². The van der Waals surface area contributed by atoms with Crippen molar-refractivity contribution in [1.82, 2.24) is 14.6 Å². The van der Waals surface area contributed by atoms with E-state index >= 15 is 0 Å². The Bertz CT molecular complexity index is 1220. The van der Waals surface area contributed by atoms with Crippen LogP contribution in [0.4, 0.5) is 0 Å². The predicted molar refractivity (Wildman–Crippen MR) is 131 cm³/mol. The van der Waals surface area contributed by atoms with Crippen LogP contribution in [0.2, 0.25) is 5.02 Å². The maximum atomic E-state index is 11.6. The van der Waals surface area contributed by atoms with Gasteiger partial charge in [-0.2, -0.15) is 0 Å². The summed E-state index contributed by atoms with van der Waals surface area (Å²) in [5.41, 5.74) is 0.826. The number of ether oxygens (including phenoxy) is 2. The Kier molecular flexibility index (Phi) is 6.50. The number of thiazole rings is 1. The molecule has 2 aliphatic rings. The highest BCUT2D eigenvalue weighted by molar-refractivity contribution is 7.88. The van der Waals surface area contributed by atoms with Crippen molar-refractivity contribution >= 4 is 43.2 Å². The first-order valence-corrected chi connectivity index (χ1v) is 14.1. The third-order valence-corrected chi connectivity index (χ3v) is 8.15. The lowest BCUT2D eigenvalue weighted by molar-refractivity contribution is 0.103. The minimum absolute atomic E-state index is 0.0506. The minimum atomic E-state index is -3.16. The van der Waals surface area contributed by atoms with E-state index in [9.17, 15) is 8.42 Å². The van der Waals surface area contributed by atoms with Crippen molar-refractivity contribution in [2.45, 2.75) is 43.8 Å². The van der Waals surface area contributed by atoms with Crippen LogP contribution in [0.1, 0.15) is 25.7 Å². The monoisotopic (exact) mass is 507 g/mol. The number of hydrogen-bond acceptors (Lipinski definition) is 7. The van der Waals surface area contributed by atoms with Crippen LogP contribution in [-0.4, -0.2) is 55.8 Å². The highest BCUT2D eigenvalue weighted by Gasteiger charge is 2.41. The van der Waals surface area contributed by atoms with Crippen LogP contribution in [0.15, 0.2) is 42.5 Å². The smallest absolute Gasteiger partial charge is 0.279 e. The Balaban J connectivity index is 1.12. The summed E-state index contributed by atoms with van der Waals surface area (Å²) in [4.78, 5) is 6.96. The molecule has 0 amide bonds. The van der Waals surface area contributed by atoms with Crippen LogP contribution in [0.5, 0.6) is 16.7 Å². The normalized spacial score (nSPS) is 23.2. The second-order valence-electron chi connectivity index (χ2n) is 8.69. The number of nitrogens with one attached hydrogen (secondary N) is 1. The molecule has 176 valence electrons. The molecular weight excluding hydrogens is 482 g/mol. The van der Waals surface area contributed by atoms with Crippen molar-refractivity contribution in [3.8, 4) is 16.7 Å². The van der Waals surface area contributed by atoms with Crippen LogP contribution < -0.4 is 14.2 Å². The van der Waals surface area contributed by atoms with Gasteiger partial charge in [0.1, 0.15) is 18.1 Å². The molecule has 1 unspecified atom stereocenters. The fourth-order valence-corrected chi connectivity index (χ4v) is 6.71. The molecule has 0 spiro atoms. The second kappa shape index (κ2) is 9.38. The summed E-state index contributed by atoms with van der Waals surface area (Å²) >= 11 is 7.50. The molecule has 2 fully saturated rings. The summed E-state index contributed by atoms with van der Waals surface area (Å²) in [5, 5.41) is 1.23. The van der Waals surface area contributed by atoms with Gasteiger partial charge in [0.2, 0.25) is 10.0 Å². The molecule has 3 atom stereocenters. The first-order chi connectivity index (χ1) is 15.8. The SMILES string of the molecule is CS(=O)(=O)NC1C[C@H]2CC[C@@H](C1)N2CCOc1ccc(Oc2nc3cc(Cl)ccc3s2)cc1. The number of hydrogen-bond donors (Lipinski definition) is 1. The lowest BCUT2D eigenvalue weighted by Crippen LogP contribution is -2.51. The van der Waals surface area contributed by atoms with Crippen molar-refractivity contribution in [2.75, 3.05) is 19.4 Å². The maximum absolute atomic E-state index is 11.6. The first kappa shape index (κ1) is 22.9.